The lowest BCUT2D eigenvalue weighted by Gasteiger charge is -2.40. The molecule has 10 heterocycles. The molecule has 18 nitrogen and oxygen atoms in total. The molecule has 4 saturated heterocycles. The first-order valence-corrected chi connectivity index (χ1v) is 35.2. The van der Waals surface area contributed by atoms with E-state index in [0.717, 1.165) is 153 Å². The SMILES string of the molecule is CN[C@@H]1CCN(c2cc3c(cc2F)c(=O)c(CN(Cc2ccnc(C)c2)[C@H]2CCCN(c4ccc(C)nc4)C2)cn3C2CC2)C1.Cc1ccc(N2CCC[C@H](N(Cc3ccnc(C)c3)Cc3cn(C4CC4)c4cc(N5CC[C@@H](N(C)C(=O)OC(C)(C)C)C5)c(F)cc4c3=O)C2)cn1.Cl. The number of rotatable bonds is 18. The van der Waals surface area contributed by atoms with Crippen LogP contribution in [0, 0.1) is 39.3 Å². The number of nitrogens with zero attached hydrogens (tertiary/aromatic N) is 13. The van der Waals surface area contributed by atoms with E-state index in [1.165, 1.54) is 17.7 Å². The summed E-state index contributed by atoms with van der Waals surface area (Å²) in [6, 6.07) is 24.9. The van der Waals surface area contributed by atoms with E-state index in [-0.39, 0.29) is 59.3 Å². The topological polar surface area (TPSA) is 157 Å². The Morgan fingerprint density at radius 3 is 1.43 bits per heavy atom. The molecule has 520 valence electrons. The summed E-state index contributed by atoms with van der Waals surface area (Å²) in [5, 5.41) is 4.23. The van der Waals surface area contributed by atoms with E-state index in [9.17, 15) is 14.4 Å². The number of piperidine rings is 2. The summed E-state index contributed by atoms with van der Waals surface area (Å²) in [7, 11) is 3.70. The van der Waals surface area contributed by atoms with Gasteiger partial charge >= 0.3 is 6.09 Å². The molecule has 2 aromatic carbocycles. The molecule has 2 aliphatic carbocycles. The van der Waals surface area contributed by atoms with E-state index >= 15 is 8.78 Å². The summed E-state index contributed by atoms with van der Waals surface area (Å²) < 4.78 is 41.9. The van der Waals surface area contributed by atoms with Gasteiger partial charge in [0, 0.05) is 185 Å². The number of anilines is 4. The maximum absolute atomic E-state index is 16.1. The van der Waals surface area contributed by atoms with Crippen LogP contribution in [0.2, 0.25) is 0 Å². The number of benzene rings is 2. The summed E-state index contributed by atoms with van der Waals surface area (Å²) in [5.41, 5.74) is 11.9. The van der Waals surface area contributed by atoms with E-state index in [1.807, 2.05) is 104 Å². The molecule has 4 atom stereocenters. The third-order valence-electron chi connectivity index (χ3n) is 20.7. The van der Waals surface area contributed by atoms with E-state index in [4.69, 9.17) is 4.74 Å². The number of nitrogens with one attached hydrogen (secondary N) is 1. The Morgan fingerprint density at radius 1 is 0.551 bits per heavy atom. The van der Waals surface area contributed by atoms with Crippen LogP contribution in [-0.4, -0.2) is 146 Å². The van der Waals surface area contributed by atoms with Gasteiger partial charge in [0.15, 0.2) is 10.9 Å². The third-order valence-corrected chi connectivity index (χ3v) is 20.7. The number of pyridine rings is 6. The van der Waals surface area contributed by atoms with E-state index < -0.39 is 11.4 Å². The number of ether oxygens (including phenoxy) is 1. The molecule has 0 radical (unpaired) electrons. The lowest BCUT2D eigenvalue weighted by molar-refractivity contribution is 0.0237. The molecule has 98 heavy (non-hydrogen) atoms. The zero-order valence-corrected chi connectivity index (χ0v) is 59.3. The van der Waals surface area contributed by atoms with Crippen LogP contribution in [0.3, 0.4) is 0 Å². The highest BCUT2D eigenvalue weighted by molar-refractivity contribution is 5.86. The highest BCUT2D eigenvalue weighted by Gasteiger charge is 2.36. The first-order valence-electron chi connectivity index (χ1n) is 35.2. The summed E-state index contributed by atoms with van der Waals surface area (Å²) in [4.78, 5) is 74.7. The number of aromatic nitrogens is 6. The number of amides is 1. The highest BCUT2D eigenvalue weighted by atomic mass is 35.5. The molecule has 2 saturated carbocycles. The average Bonchev–Trinajstić information content (AvgIpc) is 1.59. The van der Waals surface area contributed by atoms with E-state index in [0.29, 0.717) is 85.5 Å². The number of hydrogen-bond donors (Lipinski definition) is 1. The number of halogens is 3. The Morgan fingerprint density at radius 2 is 1.01 bits per heavy atom. The minimum absolute atomic E-state index is 0. The van der Waals surface area contributed by atoms with Crippen molar-refractivity contribution in [3.05, 3.63) is 187 Å². The molecule has 1 amide bonds. The normalized spacial score (nSPS) is 19.7. The molecule has 8 aromatic rings. The molecule has 0 spiro atoms. The number of likely N-dealkylation sites (N-methyl/N-ethyl adjacent to an activating group) is 2. The molecular formula is C77H97ClF2N14O4. The van der Waals surface area contributed by atoms with Crippen LogP contribution in [0.15, 0.2) is 120 Å². The predicted molar refractivity (Wildman–Crippen MR) is 389 cm³/mol. The third kappa shape index (κ3) is 16.1. The molecule has 1 N–H and O–H groups in total. The standard InChI is InChI=1S/C41H52FN7O3.C36H44FN7O.ClH/c1-27-9-10-32(21-44-27)46-16-7-8-34(26-46)48(22-29-13-15-43-28(2)18-29)23-30-24-49(31-11-12-31)37-20-38(36(42)19-35(37)39(30)50)47-17-14-33(25-47)45(6)40(51)52-41(3,4)5;1-24-6-7-30(18-40-24)41-13-4-5-31(23-41)43(19-26-10-12-39-25(2)15-26)20-27-21-44(29-8-9-29)34-17-35(33(37)16-32(34)36(27)45)42-14-11-28(22-42)38-3;/h9-10,13,15,18-21,24,31,33-34H,7-8,11-12,14,16-17,22-23,25-26H2,1-6H3;6-7,10,12,15-18,21,28-29,31,38H,4-5,8-9,11,13-14,19-20,22-23H2,1-3H3;1H/t33-,34+;28-,31+;/m11./s1. The van der Waals surface area contributed by atoms with Crippen molar-refractivity contribution in [2.24, 2.45) is 0 Å². The average molecular weight is 1360 g/mol. The van der Waals surface area contributed by atoms with Crippen molar-refractivity contribution in [1.82, 2.24) is 49.1 Å². The second-order valence-electron chi connectivity index (χ2n) is 29.3. The molecule has 6 fully saturated rings. The summed E-state index contributed by atoms with van der Waals surface area (Å²) in [6.07, 6.45) is 21.4. The van der Waals surface area contributed by atoms with Gasteiger partial charge < -0.3 is 43.7 Å². The monoisotopic (exact) mass is 1350 g/mol. The van der Waals surface area contributed by atoms with Crippen molar-refractivity contribution in [1.29, 1.82) is 0 Å². The van der Waals surface area contributed by atoms with Crippen LogP contribution in [0.1, 0.15) is 142 Å². The van der Waals surface area contributed by atoms with Crippen molar-refractivity contribution in [2.45, 2.75) is 181 Å². The van der Waals surface area contributed by atoms with Crippen molar-refractivity contribution in [3.63, 3.8) is 0 Å². The van der Waals surface area contributed by atoms with Gasteiger partial charge in [0.1, 0.15) is 17.2 Å². The molecular weight excluding hydrogens is 1260 g/mol. The molecule has 4 aliphatic heterocycles. The summed E-state index contributed by atoms with van der Waals surface area (Å²) in [6.45, 7) is 22.2. The Kier molecular flexibility index (Phi) is 21.2. The summed E-state index contributed by atoms with van der Waals surface area (Å²) >= 11 is 0. The Hall–Kier alpha value is -8.04. The van der Waals surface area contributed by atoms with Crippen molar-refractivity contribution < 1.29 is 18.3 Å². The fourth-order valence-electron chi connectivity index (χ4n) is 15.0. The number of carbonyl (C=O) groups excluding carboxylic acids is 1. The maximum atomic E-state index is 16.1. The van der Waals surface area contributed by atoms with Gasteiger partial charge in [-0.25, -0.2) is 13.6 Å². The van der Waals surface area contributed by atoms with Crippen LogP contribution >= 0.6 is 12.4 Å². The predicted octanol–water partition coefficient (Wildman–Crippen LogP) is 12.8. The number of hydrogen-bond acceptors (Lipinski definition) is 15. The Labute approximate surface area is 581 Å². The molecule has 6 aliphatic rings. The van der Waals surface area contributed by atoms with E-state index in [1.54, 1.807) is 11.9 Å². The van der Waals surface area contributed by atoms with Gasteiger partial charge in [-0.05, 0) is 204 Å². The lowest BCUT2D eigenvalue weighted by atomic mass is 10.0. The largest absolute Gasteiger partial charge is 0.444 e. The second kappa shape index (κ2) is 29.8. The zero-order valence-electron chi connectivity index (χ0n) is 58.5. The molecule has 0 bridgehead atoms. The number of carbonyl (C=O) groups is 1. The van der Waals surface area contributed by atoms with Crippen LogP contribution in [0.25, 0.3) is 21.8 Å². The number of fused-ring (bicyclic) bond motifs is 2. The molecule has 6 aromatic heterocycles. The number of aryl methyl sites for hydroxylation is 4. The maximum Gasteiger partial charge on any atom is 0.410 e. The zero-order chi connectivity index (χ0) is 67.8. The van der Waals surface area contributed by atoms with Crippen LogP contribution < -0.4 is 35.8 Å². The fourth-order valence-corrected chi connectivity index (χ4v) is 15.0. The van der Waals surface area contributed by atoms with Crippen LogP contribution in [-0.2, 0) is 30.9 Å². The van der Waals surface area contributed by atoms with Gasteiger partial charge in [0.25, 0.3) is 0 Å². The fraction of sp³-hybridized carbons (Fsp3) is 0.494. The summed E-state index contributed by atoms with van der Waals surface area (Å²) in [5.74, 6) is -0.724. The van der Waals surface area contributed by atoms with Crippen LogP contribution in [0.5, 0.6) is 0 Å². The molecule has 0 unspecified atom stereocenters. The minimum Gasteiger partial charge on any atom is -0.444 e. The van der Waals surface area contributed by atoms with Gasteiger partial charge in [-0.1, -0.05) is 0 Å². The van der Waals surface area contributed by atoms with Crippen LogP contribution in [0.4, 0.5) is 36.3 Å². The first kappa shape index (κ1) is 69.8. The molecule has 14 rings (SSSR count). The Bertz CT molecular complexity index is 4270. The minimum atomic E-state index is -0.593. The van der Waals surface area contributed by atoms with Crippen molar-refractivity contribution in [2.75, 3.05) is 86.1 Å². The lowest BCUT2D eigenvalue weighted by Crippen LogP contribution is -2.48. The van der Waals surface area contributed by atoms with Gasteiger partial charge in [-0.2, -0.15) is 0 Å². The van der Waals surface area contributed by atoms with Crippen molar-refractivity contribution in [3.8, 4) is 0 Å². The molecule has 21 heteroatoms. The smallest absolute Gasteiger partial charge is 0.410 e. The Balaban J connectivity index is 0.000000186. The van der Waals surface area contributed by atoms with E-state index in [2.05, 4.69) is 114 Å². The van der Waals surface area contributed by atoms with Gasteiger partial charge in [-0.15, -0.1) is 12.4 Å². The second-order valence-corrected chi connectivity index (χ2v) is 29.3. The van der Waals surface area contributed by atoms with Gasteiger partial charge in [-0.3, -0.25) is 39.3 Å². The first-order chi connectivity index (χ1) is 46.7. The van der Waals surface area contributed by atoms with Crippen molar-refractivity contribution >= 4 is 63.1 Å². The van der Waals surface area contributed by atoms with Gasteiger partial charge in [0.05, 0.1) is 52.2 Å². The quantitative estimate of drug-likeness (QED) is 0.0865. The highest BCUT2D eigenvalue weighted by Crippen LogP contribution is 2.41. The van der Waals surface area contributed by atoms with Gasteiger partial charge in [0.2, 0.25) is 0 Å².